The maximum atomic E-state index is 13.1. The number of anilines is 1. The lowest BCUT2D eigenvalue weighted by atomic mass is 9.80. The van der Waals surface area contributed by atoms with Gasteiger partial charge in [0.1, 0.15) is 18.5 Å². The first-order valence-corrected chi connectivity index (χ1v) is 14.2. The van der Waals surface area contributed by atoms with Crippen LogP contribution in [0.4, 0.5) is 10.1 Å². The zero-order valence-electron chi connectivity index (χ0n) is 22.4. The molecule has 3 aromatic rings. The van der Waals surface area contributed by atoms with Crippen LogP contribution >= 0.6 is 11.3 Å². The minimum absolute atomic E-state index is 0.00939. The highest BCUT2D eigenvalue weighted by Gasteiger charge is 2.38. The Morgan fingerprint density at radius 2 is 1.79 bits per heavy atom. The number of halogens is 1. The molecule has 0 spiro atoms. The Morgan fingerprint density at radius 3 is 2.47 bits per heavy atom. The lowest BCUT2D eigenvalue weighted by Gasteiger charge is -2.46. The molecule has 1 saturated heterocycles. The third-order valence-electron chi connectivity index (χ3n) is 7.36. The smallest absolute Gasteiger partial charge is 0.238 e. The minimum atomic E-state index is -0.390. The van der Waals surface area contributed by atoms with Crippen LogP contribution in [-0.4, -0.2) is 69.2 Å². The van der Waals surface area contributed by atoms with Crippen molar-refractivity contribution in [2.75, 3.05) is 58.8 Å². The SMILES string of the molecule is CN(C)C1(c2ccccc2)CCN(CC(=O)Nc2ccccc2O[C@H](CCNCCF)c2cccs2)CC1. The van der Waals surface area contributed by atoms with Crippen LogP contribution in [0.5, 0.6) is 5.75 Å². The Kier molecular flexibility index (Phi) is 10.3. The lowest BCUT2D eigenvalue weighted by molar-refractivity contribution is -0.118. The summed E-state index contributed by atoms with van der Waals surface area (Å²) in [5.74, 6) is 0.592. The number of ether oxygens (including phenoxy) is 1. The Labute approximate surface area is 229 Å². The van der Waals surface area contributed by atoms with Gasteiger partial charge in [0.25, 0.3) is 0 Å². The fraction of sp³-hybridized carbons (Fsp3) is 0.433. The molecule has 204 valence electrons. The number of carbonyl (C=O) groups is 1. The Balaban J connectivity index is 1.36. The van der Waals surface area contributed by atoms with Crippen molar-refractivity contribution in [3.05, 3.63) is 82.6 Å². The van der Waals surface area contributed by atoms with Gasteiger partial charge in [0.2, 0.25) is 5.91 Å². The first-order valence-electron chi connectivity index (χ1n) is 13.3. The van der Waals surface area contributed by atoms with E-state index >= 15 is 0 Å². The summed E-state index contributed by atoms with van der Waals surface area (Å²) in [5, 5.41) is 8.21. The number of nitrogens with one attached hydrogen (secondary N) is 2. The summed E-state index contributed by atoms with van der Waals surface area (Å²) in [4.78, 5) is 18.8. The van der Waals surface area contributed by atoms with Crippen molar-refractivity contribution in [1.29, 1.82) is 0 Å². The van der Waals surface area contributed by atoms with Gasteiger partial charge in [0.05, 0.1) is 12.2 Å². The largest absolute Gasteiger partial charge is 0.483 e. The fourth-order valence-electron chi connectivity index (χ4n) is 5.20. The van der Waals surface area contributed by atoms with Gasteiger partial charge in [-0.15, -0.1) is 11.3 Å². The predicted molar refractivity (Wildman–Crippen MR) is 154 cm³/mol. The summed E-state index contributed by atoms with van der Waals surface area (Å²) >= 11 is 1.63. The number of nitrogens with zero attached hydrogens (tertiary/aromatic N) is 2. The zero-order chi connectivity index (χ0) is 26.8. The summed E-state index contributed by atoms with van der Waals surface area (Å²) in [6.07, 6.45) is 2.46. The van der Waals surface area contributed by atoms with E-state index in [0.29, 0.717) is 37.5 Å². The Hall–Kier alpha value is -2.78. The molecule has 0 unspecified atom stereocenters. The van der Waals surface area contributed by atoms with Gasteiger partial charge < -0.3 is 15.4 Å². The molecule has 1 fully saturated rings. The molecule has 2 N–H and O–H groups in total. The number of likely N-dealkylation sites (tertiary alicyclic amines) is 1. The van der Waals surface area contributed by atoms with Gasteiger partial charge in [-0.2, -0.15) is 0 Å². The highest BCUT2D eigenvalue weighted by atomic mass is 32.1. The second-order valence-corrected chi connectivity index (χ2v) is 10.9. The number of piperidine rings is 1. The van der Waals surface area contributed by atoms with Crippen molar-refractivity contribution in [2.45, 2.75) is 30.9 Å². The topological polar surface area (TPSA) is 56.8 Å². The first-order chi connectivity index (χ1) is 18.5. The number of thiophene rings is 1. The molecule has 0 saturated carbocycles. The molecule has 1 aliphatic heterocycles. The van der Waals surface area contributed by atoms with Crippen molar-refractivity contribution in [3.63, 3.8) is 0 Å². The monoisotopic (exact) mass is 538 g/mol. The van der Waals surface area contributed by atoms with Crippen LogP contribution in [-0.2, 0) is 10.3 Å². The molecule has 1 amide bonds. The molecule has 0 bridgehead atoms. The molecule has 0 aliphatic carbocycles. The highest BCUT2D eigenvalue weighted by molar-refractivity contribution is 7.10. The van der Waals surface area contributed by atoms with Crippen molar-refractivity contribution in [3.8, 4) is 5.75 Å². The number of alkyl halides is 1. The summed E-state index contributed by atoms with van der Waals surface area (Å²) in [6.45, 7) is 2.64. The molecule has 8 heteroatoms. The zero-order valence-corrected chi connectivity index (χ0v) is 23.2. The molecule has 38 heavy (non-hydrogen) atoms. The van der Waals surface area contributed by atoms with Crippen LogP contribution in [0.1, 0.15) is 35.8 Å². The lowest BCUT2D eigenvalue weighted by Crippen LogP contribution is -2.51. The third kappa shape index (κ3) is 7.20. The van der Waals surface area contributed by atoms with Gasteiger partial charge in [-0.1, -0.05) is 48.5 Å². The van der Waals surface area contributed by atoms with Crippen LogP contribution in [0.25, 0.3) is 0 Å². The first kappa shape index (κ1) is 28.2. The minimum Gasteiger partial charge on any atom is -0.483 e. The maximum Gasteiger partial charge on any atom is 0.238 e. The third-order valence-corrected chi connectivity index (χ3v) is 8.33. The number of hydrogen-bond donors (Lipinski definition) is 2. The number of carbonyl (C=O) groups excluding carboxylic acids is 1. The second kappa shape index (κ2) is 13.8. The quantitative estimate of drug-likeness (QED) is 0.289. The van der Waals surface area contributed by atoms with Gasteiger partial charge in [0.15, 0.2) is 0 Å². The standard InChI is InChI=1S/C30H39FN4O2S/c1-34(2)30(24-9-4-3-5-10-24)15-20-35(21-16-30)23-29(36)33-25-11-6-7-12-26(25)37-27(14-18-32-19-17-31)28-13-8-22-38-28/h3-13,22,27,32H,14-21,23H2,1-2H3,(H,33,36)/t27-/m1/s1. The summed E-state index contributed by atoms with van der Waals surface area (Å²) in [7, 11) is 4.29. The maximum absolute atomic E-state index is 13.1. The van der Waals surface area contributed by atoms with Gasteiger partial charge >= 0.3 is 0 Å². The molecular formula is C30H39FN4O2S. The van der Waals surface area contributed by atoms with E-state index < -0.39 is 6.67 Å². The van der Waals surface area contributed by atoms with Crippen molar-refractivity contribution in [1.82, 2.24) is 15.1 Å². The van der Waals surface area contributed by atoms with E-state index in [9.17, 15) is 9.18 Å². The van der Waals surface area contributed by atoms with Crippen LogP contribution in [0.3, 0.4) is 0 Å². The van der Waals surface area contributed by atoms with Crippen molar-refractivity contribution >= 4 is 22.9 Å². The second-order valence-electron chi connectivity index (χ2n) is 9.96. The van der Waals surface area contributed by atoms with Gasteiger partial charge in [-0.3, -0.25) is 14.6 Å². The molecule has 1 aromatic heterocycles. The molecule has 1 aliphatic rings. The van der Waals surface area contributed by atoms with Gasteiger partial charge in [-0.25, -0.2) is 4.39 Å². The van der Waals surface area contributed by atoms with Gasteiger partial charge in [-0.05, 0) is 62.6 Å². The normalized spacial score (nSPS) is 16.3. The van der Waals surface area contributed by atoms with Gasteiger partial charge in [0, 0.05) is 36.5 Å². The molecule has 0 radical (unpaired) electrons. The van der Waals surface area contributed by atoms with E-state index in [1.165, 1.54) is 5.56 Å². The van der Waals surface area contributed by atoms with Crippen LogP contribution in [0, 0.1) is 0 Å². The van der Waals surface area contributed by atoms with Crippen LogP contribution in [0.2, 0.25) is 0 Å². The number of amides is 1. The number of benzene rings is 2. The number of hydrogen-bond acceptors (Lipinski definition) is 6. The van der Waals surface area contributed by atoms with E-state index in [1.807, 2.05) is 41.8 Å². The Bertz CT molecular complexity index is 1120. The van der Waals surface area contributed by atoms with Crippen molar-refractivity contribution < 1.29 is 13.9 Å². The molecule has 1 atom stereocenters. The average Bonchev–Trinajstić information content (AvgIpc) is 3.47. The van der Waals surface area contributed by atoms with E-state index in [1.54, 1.807) is 11.3 Å². The predicted octanol–water partition coefficient (Wildman–Crippen LogP) is 5.31. The molecular weight excluding hydrogens is 499 g/mol. The van der Waals surface area contributed by atoms with E-state index in [2.05, 4.69) is 64.9 Å². The van der Waals surface area contributed by atoms with E-state index in [0.717, 1.165) is 30.8 Å². The summed E-state index contributed by atoms with van der Waals surface area (Å²) in [5.41, 5.74) is 1.99. The fourth-order valence-corrected chi connectivity index (χ4v) is 5.99. The molecule has 4 rings (SSSR count). The summed E-state index contributed by atoms with van der Waals surface area (Å²) < 4.78 is 18.9. The molecule has 2 aromatic carbocycles. The Morgan fingerprint density at radius 1 is 1.05 bits per heavy atom. The highest BCUT2D eigenvalue weighted by Crippen LogP contribution is 2.37. The van der Waals surface area contributed by atoms with Crippen LogP contribution < -0.4 is 15.4 Å². The number of rotatable bonds is 13. The molecule has 6 nitrogen and oxygen atoms in total. The average molecular weight is 539 g/mol. The molecule has 2 heterocycles. The number of para-hydroxylation sites is 2. The van der Waals surface area contributed by atoms with E-state index in [4.69, 9.17) is 4.74 Å². The van der Waals surface area contributed by atoms with E-state index in [-0.39, 0.29) is 17.6 Å². The summed E-state index contributed by atoms with van der Waals surface area (Å²) in [6, 6.07) is 22.3. The van der Waals surface area contributed by atoms with Crippen LogP contribution in [0.15, 0.2) is 72.1 Å². The van der Waals surface area contributed by atoms with Crippen molar-refractivity contribution in [2.24, 2.45) is 0 Å².